The van der Waals surface area contributed by atoms with Crippen molar-refractivity contribution in [1.82, 2.24) is 4.72 Å². The number of benzene rings is 6. The molecule has 6 aromatic rings. The summed E-state index contributed by atoms with van der Waals surface area (Å²) in [4.78, 5) is 2.29. The second-order valence-corrected chi connectivity index (χ2v) is 10.7. The van der Waals surface area contributed by atoms with E-state index in [1.165, 1.54) is 21.5 Å². The molecule has 0 aliphatic rings. The molecule has 0 atom stereocenters. The van der Waals surface area contributed by atoms with E-state index < -0.39 is 10.0 Å². The molecule has 0 radical (unpaired) electrons. The summed E-state index contributed by atoms with van der Waals surface area (Å²) >= 11 is 0. The van der Waals surface area contributed by atoms with E-state index in [0.29, 0.717) is 4.90 Å². The van der Waals surface area contributed by atoms with Gasteiger partial charge in [0.15, 0.2) is 0 Å². The number of rotatable bonds is 5. The van der Waals surface area contributed by atoms with Gasteiger partial charge in [-0.25, -0.2) is 13.1 Å². The van der Waals surface area contributed by atoms with Crippen LogP contribution in [0.3, 0.4) is 0 Å². The van der Waals surface area contributed by atoms with Gasteiger partial charge in [-0.3, -0.25) is 0 Å². The average molecular weight is 465 g/mol. The van der Waals surface area contributed by atoms with Gasteiger partial charge in [0.1, 0.15) is 0 Å². The first-order valence-electron chi connectivity index (χ1n) is 11.3. The van der Waals surface area contributed by atoms with E-state index >= 15 is 0 Å². The quantitative estimate of drug-likeness (QED) is 0.305. The fourth-order valence-corrected chi connectivity index (χ4v) is 6.32. The lowest BCUT2D eigenvalue weighted by molar-refractivity contribution is 0.582. The van der Waals surface area contributed by atoms with E-state index in [-0.39, 0.29) is 6.54 Å². The monoisotopic (exact) mass is 464 g/mol. The van der Waals surface area contributed by atoms with Gasteiger partial charge >= 0.3 is 0 Å². The topological polar surface area (TPSA) is 49.4 Å². The summed E-state index contributed by atoms with van der Waals surface area (Å²) in [7, 11) is 0.195. The fraction of sp³-hybridized carbons (Fsp3) is 0.103. The number of nitrogens with zero attached hydrogens (tertiary/aromatic N) is 1. The highest BCUT2D eigenvalue weighted by Gasteiger charge is 2.19. The molecule has 0 heterocycles. The van der Waals surface area contributed by atoms with Crippen molar-refractivity contribution in [3.8, 4) is 0 Å². The van der Waals surface area contributed by atoms with Crippen molar-refractivity contribution < 1.29 is 8.42 Å². The summed E-state index contributed by atoms with van der Waals surface area (Å²) in [5.74, 6) is 0. The average Bonchev–Trinajstić information content (AvgIpc) is 2.85. The molecule has 5 heteroatoms. The number of hydrogen-bond donors (Lipinski definition) is 1. The van der Waals surface area contributed by atoms with Gasteiger partial charge < -0.3 is 4.90 Å². The van der Waals surface area contributed by atoms with Crippen LogP contribution < -0.4 is 9.62 Å². The van der Waals surface area contributed by atoms with Gasteiger partial charge in [-0.15, -0.1) is 0 Å². The molecule has 0 unspecified atom stereocenters. The maximum absolute atomic E-state index is 13.4. The molecule has 0 aromatic heterocycles. The van der Waals surface area contributed by atoms with Crippen molar-refractivity contribution in [2.75, 3.05) is 19.0 Å². The van der Waals surface area contributed by atoms with Crippen LogP contribution in [0.15, 0.2) is 95.9 Å². The molecule has 0 fully saturated rings. The number of fused-ring (bicyclic) bond motifs is 1. The van der Waals surface area contributed by atoms with Gasteiger partial charge in [-0.05, 0) is 50.0 Å². The molecule has 0 aliphatic carbocycles. The Bertz CT molecular complexity index is 1790. The van der Waals surface area contributed by atoms with Crippen LogP contribution in [-0.4, -0.2) is 22.5 Å². The minimum Gasteiger partial charge on any atom is -0.377 e. The van der Waals surface area contributed by atoms with Crippen LogP contribution in [0, 0.1) is 0 Å². The number of hydrogen-bond acceptors (Lipinski definition) is 3. The van der Waals surface area contributed by atoms with Crippen LogP contribution in [0.1, 0.15) is 5.56 Å². The van der Waals surface area contributed by atoms with Crippen molar-refractivity contribution in [2.45, 2.75) is 11.4 Å². The van der Waals surface area contributed by atoms with Crippen molar-refractivity contribution in [3.63, 3.8) is 0 Å². The third kappa shape index (κ3) is 3.20. The molecule has 4 nitrogen and oxygen atoms in total. The minimum atomic E-state index is -3.73. The number of anilines is 1. The molecule has 0 aliphatic heterocycles. The highest BCUT2D eigenvalue weighted by molar-refractivity contribution is 7.89. The summed E-state index contributed by atoms with van der Waals surface area (Å²) in [5.41, 5.74) is 1.95. The maximum Gasteiger partial charge on any atom is 0.241 e. The summed E-state index contributed by atoms with van der Waals surface area (Å²) in [6.45, 7) is 0.222. The van der Waals surface area contributed by atoms with Gasteiger partial charge in [-0.2, -0.15) is 0 Å². The Morgan fingerprint density at radius 2 is 1.26 bits per heavy atom. The lowest BCUT2D eigenvalue weighted by atomic mass is 9.92. The maximum atomic E-state index is 13.4. The lowest BCUT2D eigenvalue weighted by Gasteiger charge is -2.17. The Labute approximate surface area is 198 Å². The largest absolute Gasteiger partial charge is 0.377 e. The Morgan fingerprint density at radius 3 is 2.03 bits per heavy atom. The molecule has 0 saturated heterocycles. The summed E-state index contributed by atoms with van der Waals surface area (Å²) < 4.78 is 29.8. The van der Waals surface area contributed by atoms with E-state index in [1.54, 1.807) is 12.1 Å². The number of nitrogens with one attached hydrogen (secondary N) is 1. The molecular weight excluding hydrogens is 440 g/mol. The van der Waals surface area contributed by atoms with E-state index in [0.717, 1.165) is 32.8 Å². The van der Waals surface area contributed by atoms with Crippen molar-refractivity contribution >= 4 is 58.8 Å². The van der Waals surface area contributed by atoms with Crippen molar-refractivity contribution in [3.05, 3.63) is 96.6 Å². The SMILES string of the molecule is CN(C)c1cccc2c(S(=O)(=O)NCc3ccc4ccc5cccc6ccc3c4c56)cccc12. The number of sulfonamides is 1. The second-order valence-electron chi connectivity index (χ2n) is 8.93. The van der Waals surface area contributed by atoms with E-state index in [2.05, 4.69) is 53.3 Å². The molecule has 6 rings (SSSR count). The normalized spacial score (nSPS) is 12.3. The standard InChI is InChI=1S/C29H24N2O2S/c1-31(2)26-10-4-9-25-24(26)8-5-11-27(25)34(32,33)30-18-22-15-14-21-13-12-19-6-3-7-20-16-17-23(22)29(21)28(19)20/h3-17,30H,18H2,1-2H3. The molecule has 0 spiro atoms. The third-order valence-electron chi connectivity index (χ3n) is 6.70. The Kier molecular flexibility index (Phi) is 4.73. The summed E-state index contributed by atoms with van der Waals surface area (Å²) in [5, 5.41) is 8.69. The van der Waals surface area contributed by atoms with Crippen molar-refractivity contribution in [1.29, 1.82) is 0 Å². The predicted molar refractivity (Wildman–Crippen MR) is 142 cm³/mol. The van der Waals surface area contributed by atoms with Gasteiger partial charge in [0.25, 0.3) is 0 Å². The molecule has 168 valence electrons. The molecule has 1 N–H and O–H groups in total. The molecule has 6 aromatic carbocycles. The van der Waals surface area contributed by atoms with Crippen LogP contribution in [0.5, 0.6) is 0 Å². The van der Waals surface area contributed by atoms with Crippen LogP contribution in [-0.2, 0) is 16.6 Å². The van der Waals surface area contributed by atoms with Gasteiger partial charge in [0.2, 0.25) is 10.0 Å². The Morgan fingerprint density at radius 1 is 0.647 bits per heavy atom. The van der Waals surface area contributed by atoms with E-state index in [1.807, 2.05) is 49.3 Å². The fourth-order valence-electron chi connectivity index (χ4n) is 5.09. The van der Waals surface area contributed by atoms with Crippen molar-refractivity contribution in [2.24, 2.45) is 0 Å². The van der Waals surface area contributed by atoms with Crippen LogP contribution in [0.4, 0.5) is 5.69 Å². The summed E-state index contributed by atoms with van der Waals surface area (Å²) in [6, 6.07) is 30.1. The van der Waals surface area contributed by atoms with Crippen LogP contribution in [0.2, 0.25) is 0 Å². The van der Waals surface area contributed by atoms with Crippen LogP contribution >= 0.6 is 0 Å². The first kappa shape index (κ1) is 20.9. The molecule has 0 amide bonds. The molecular formula is C29H24N2O2S. The van der Waals surface area contributed by atoms with Gasteiger partial charge in [-0.1, -0.05) is 78.9 Å². The Balaban J connectivity index is 1.43. The van der Waals surface area contributed by atoms with Gasteiger partial charge in [0, 0.05) is 37.1 Å². The highest BCUT2D eigenvalue weighted by Crippen LogP contribution is 2.36. The first-order valence-corrected chi connectivity index (χ1v) is 12.8. The zero-order chi connectivity index (χ0) is 23.4. The molecule has 34 heavy (non-hydrogen) atoms. The minimum absolute atomic E-state index is 0.222. The van der Waals surface area contributed by atoms with Gasteiger partial charge in [0.05, 0.1) is 4.90 Å². The molecule has 0 bridgehead atoms. The Hall–Kier alpha value is -3.67. The highest BCUT2D eigenvalue weighted by atomic mass is 32.2. The zero-order valence-electron chi connectivity index (χ0n) is 19.0. The van der Waals surface area contributed by atoms with Crippen LogP contribution in [0.25, 0.3) is 43.1 Å². The smallest absolute Gasteiger partial charge is 0.241 e. The third-order valence-corrected chi connectivity index (χ3v) is 8.16. The summed E-state index contributed by atoms with van der Waals surface area (Å²) in [6.07, 6.45) is 0. The van der Waals surface area contributed by atoms with E-state index in [4.69, 9.17) is 0 Å². The molecule has 0 saturated carbocycles. The zero-order valence-corrected chi connectivity index (χ0v) is 19.9. The predicted octanol–water partition coefficient (Wildman–Crippen LogP) is 6.28. The first-order chi connectivity index (χ1) is 16.4. The van der Waals surface area contributed by atoms with E-state index in [9.17, 15) is 8.42 Å². The lowest BCUT2D eigenvalue weighted by Crippen LogP contribution is -2.23. The second kappa shape index (κ2) is 7.69.